The topological polar surface area (TPSA) is 54.9 Å². The highest BCUT2D eigenvalue weighted by molar-refractivity contribution is 7.99. The van der Waals surface area contributed by atoms with Crippen molar-refractivity contribution in [2.75, 3.05) is 11.1 Å². The first-order valence-corrected chi connectivity index (χ1v) is 7.49. The predicted molar refractivity (Wildman–Crippen MR) is 85.3 cm³/mol. The summed E-state index contributed by atoms with van der Waals surface area (Å²) in [6, 6.07) is 17.1. The van der Waals surface area contributed by atoms with Crippen LogP contribution in [-0.4, -0.2) is 21.6 Å². The number of benzene rings is 2. The summed E-state index contributed by atoms with van der Waals surface area (Å²) in [5.74, 6) is 0.253. The molecule has 0 aliphatic carbocycles. The second-order valence-corrected chi connectivity index (χ2v) is 5.40. The van der Waals surface area contributed by atoms with E-state index in [2.05, 4.69) is 15.3 Å². The molecule has 0 fully saturated rings. The molecule has 2 aromatic carbocycles. The quantitative estimate of drug-likeness (QED) is 0.750. The highest BCUT2D eigenvalue weighted by atomic mass is 32.2. The second-order valence-electron chi connectivity index (χ2n) is 4.40. The third kappa shape index (κ3) is 3.58. The second kappa shape index (κ2) is 6.37. The molecule has 104 valence electrons. The number of rotatable bonds is 4. The first-order chi connectivity index (χ1) is 10.3. The Morgan fingerprint density at radius 3 is 2.52 bits per heavy atom. The summed E-state index contributed by atoms with van der Waals surface area (Å²) in [7, 11) is 0. The fourth-order valence-electron chi connectivity index (χ4n) is 1.87. The molecule has 3 aromatic rings. The van der Waals surface area contributed by atoms with Crippen molar-refractivity contribution in [2.24, 2.45) is 0 Å². The van der Waals surface area contributed by atoms with E-state index in [4.69, 9.17) is 0 Å². The van der Waals surface area contributed by atoms with Gasteiger partial charge in [0.1, 0.15) is 5.03 Å². The summed E-state index contributed by atoms with van der Waals surface area (Å²) >= 11 is 1.38. The van der Waals surface area contributed by atoms with Gasteiger partial charge in [0.05, 0.1) is 23.0 Å². The highest BCUT2D eigenvalue weighted by Gasteiger charge is 2.05. The van der Waals surface area contributed by atoms with Crippen molar-refractivity contribution in [1.29, 1.82) is 0 Å². The zero-order valence-corrected chi connectivity index (χ0v) is 12.0. The van der Waals surface area contributed by atoms with Crippen LogP contribution < -0.4 is 5.32 Å². The average molecular weight is 295 g/mol. The zero-order valence-electron chi connectivity index (χ0n) is 11.2. The van der Waals surface area contributed by atoms with Crippen molar-refractivity contribution in [3.8, 4) is 0 Å². The number of carbonyl (C=O) groups excluding carboxylic acids is 1. The number of hydrogen-bond acceptors (Lipinski definition) is 4. The van der Waals surface area contributed by atoms with Gasteiger partial charge in [0.2, 0.25) is 5.91 Å². The molecule has 0 bridgehead atoms. The molecule has 1 amide bonds. The van der Waals surface area contributed by atoms with Crippen LogP contribution in [0, 0.1) is 0 Å². The van der Waals surface area contributed by atoms with Gasteiger partial charge in [0.15, 0.2) is 0 Å². The fraction of sp³-hybridized carbons (Fsp3) is 0.0625. The summed E-state index contributed by atoms with van der Waals surface area (Å²) in [4.78, 5) is 20.7. The molecule has 0 spiro atoms. The Hall–Kier alpha value is -2.40. The van der Waals surface area contributed by atoms with Gasteiger partial charge in [0, 0.05) is 5.69 Å². The van der Waals surface area contributed by atoms with E-state index in [0.29, 0.717) is 5.75 Å². The van der Waals surface area contributed by atoms with Crippen LogP contribution in [0.25, 0.3) is 11.0 Å². The van der Waals surface area contributed by atoms with Gasteiger partial charge >= 0.3 is 0 Å². The molecule has 1 heterocycles. The number of nitrogens with zero attached hydrogens (tertiary/aromatic N) is 2. The average Bonchev–Trinajstić information content (AvgIpc) is 2.54. The number of anilines is 1. The molecule has 5 heteroatoms. The minimum atomic E-state index is -0.0545. The van der Waals surface area contributed by atoms with Crippen LogP contribution in [0.2, 0.25) is 0 Å². The molecule has 0 aliphatic heterocycles. The van der Waals surface area contributed by atoms with Crippen molar-refractivity contribution >= 4 is 34.4 Å². The van der Waals surface area contributed by atoms with Gasteiger partial charge in [-0.25, -0.2) is 4.98 Å². The monoisotopic (exact) mass is 295 g/mol. The number of hydrogen-bond donors (Lipinski definition) is 1. The van der Waals surface area contributed by atoms with Gasteiger partial charge in [-0.3, -0.25) is 9.78 Å². The lowest BCUT2D eigenvalue weighted by atomic mass is 10.3. The van der Waals surface area contributed by atoms with Gasteiger partial charge in [-0.2, -0.15) is 0 Å². The van der Waals surface area contributed by atoms with E-state index < -0.39 is 0 Å². The van der Waals surface area contributed by atoms with E-state index in [-0.39, 0.29) is 5.91 Å². The Balaban J connectivity index is 1.62. The van der Waals surface area contributed by atoms with E-state index >= 15 is 0 Å². The number of amides is 1. The molecular formula is C16H13N3OS. The summed E-state index contributed by atoms with van der Waals surface area (Å²) < 4.78 is 0. The van der Waals surface area contributed by atoms with Crippen LogP contribution in [0.15, 0.2) is 65.8 Å². The maximum absolute atomic E-state index is 11.9. The summed E-state index contributed by atoms with van der Waals surface area (Å²) in [6.45, 7) is 0. The lowest BCUT2D eigenvalue weighted by Gasteiger charge is -2.05. The van der Waals surface area contributed by atoms with Gasteiger partial charge in [-0.15, -0.1) is 0 Å². The third-order valence-corrected chi connectivity index (χ3v) is 3.73. The van der Waals surface area contributed by atoms with E-state index in [1.54, 1.807) is 6.20 Å². The van der Waals surface area contributed by atoms with Crippen LogP contribution in [0.4, 0.5) is 5.69 Å². The molecule has 1 N–H and O–H groups in total. The third-order valence-electron chi connectivity index (χ3n) is 2.84. The smallest absolute Gasteiger partial charge is 0.234 e. The van der Waals surface area contributed by atoms with Crippen molar-refractivity contribution in [3.63, 3.8) is 0 Å². The van der Waals surface area contributed by atoms with Gasteiger partial charge in [0.25, 0.3) is 0 Å². The lowest BCUT2D eigenvalue weighted by Crippen LogP contribution is -2.13. The Bertz CT molecular complexity index is 762. The largest absolute Gasteiger partial charge is 0.325 e. The summed E-state index contributed by atoms with van der Waals surface area (Å²) in [6.07, 6.45) is 1.70. The van der Waals surface area contributed by atoms with Crippen LogP contribution in [0.3, 0.4) is 0 Å². The molecular weight excluding hydrogens is 282 g/mol. The molecule has 0 unspecified atom stereocenters. The summed E-state index contributed by atoms with van der Waals surface area (Å²) in [5.41, 5.74) is 2.49. The van der Waals surface area contributed by atoms with Crippen LogP contribution in [0.1, 0.15) is 0 Å². The molecule has 21 heavy (non-hydrogen) atoms. The van der Waals surface area contributed by atoms with Crippen LogP contribution in [-0.2, 0) is 4.79 Å². The standard InChI is InChI=1S/C16H13N3OS/c20-15(18-12-6-2-1-3-7-12)11-21-16-10-17-13-8-4-5-9-14(13)19-16/h1-10H,11H2,(H,18,20). The lowest BCUT2D eigenvalue weighted by molar-refractivity contribution is -0.113. The Morgan fingerprint density at radius 2 is 1.71 bits per heavy atom. The number of fused-ring (bicyclic) bond motifs is 1. The molecule has 0 saturated heterocycles. The van der Waals surface area contributed by atoms with Crippen molar-refractivity contribution in [2.45, 2.75) is 5.03 Å². The minimum Gasteiger partial charge on any atom is -0.325 e. The number of thioether (sulfide) groups is 1. The van der Waals surface area contributed by atoms with Gasteiger partial charge in [-0.1, -0.05) is 42.1 Å². The van der Waals surface area contributed by atoms with Crippen LogP contribution >= 0.6 is 11.8 Å². The van der Waals surface area contributed by atoms with Gasteiger partial charge < -0.3 is 5.32 Å². The van der Waals surface area contributed by atoms with E-state index in [1.165, 1.54) is 11.8 Å². The summed E-state index contributed by atoms with van der Waals surface area (Å²) in [5, 5.41) is 3.59. The molecule has 0 radical (unpaired) electrons. The molecule has 1 aromatic heterocycles. The number of carbonyl (C=O) groups is 1. The van der Waals surface area contributed by atoms with Crippen molar-refractivity contribution in [3.05, 3.63) is 60.8 Å². The molecule has 3 rings (SSSR count). The van der Waals surface area contributed by atoms with E-state index in [9.17, 15) is 4.79 Å². The van der Waals surface area contributed by atoms with E-state index in [0.717, 1.165) is 21.7 Å². The highest BCUT2D eigenvalue weighted by Crippen LogP contribution is 2.18. The predicted octanol–water partition coefficient (Wildman–Crippen LogP) is 3.36. The van der Waals surface area contributed by atoms with Crippen molar-refractivity contribution < 1.29 is 4.79 Å². The Kier molecular flexibility index (Phi) is 4.12. The number of para-hydroxylation sites is 3. The molecule has 4 nitrogen and oxygen atoms in total. The number of aromatic nitrogens is 2. The Labute approximate surface area is 126 Å². The normalized spacial score (nSPS) is 10.5. The number of nitrogens with one attached hydrogen (secondary N) is 1. The zero-order chi connectivity index (χ0) is 14.5. The Morgan fingerprint density at radius 1 is 1.00 bits per heavy atom. The molecule has 0 aliphatic rings. The minimum absolute atomic E-state index is 0.0545. The first-order valence-electron chi connectivity index (χ1n) is 6.51. The SMILES string of the molecule is O=C(CSc1cnc2ccccc2n1)Nc1ccccc1. The van der Waals surface area contributed by atoms with Crippen molar-refractivity contribution in [1.82, 2.24) is 9.97 Å². The molecule has 0 atom stereocenters. The first kappa shape index (κ1) is 13.6. The maximum atomic E-state index is 11.9. The fourth-order valence-corrected chi connectivity index (χ4v) is 2.51. The van der Waals surface area contributed by atoms with E-state index in [1.807, 2.05) is 54.6 Å². The maximum Gasteiger partial charge on any atom is 0.234 e. The molecule has 0 saturated carbocycles. The van der Waals surface area contributed by atoms with Gasteiger partial charge in [-0.05, 0) is 24.3 Å². The van der Waals surface area contributed by atoms with Crippen LogP contribution in [0.5, 0.6) is 0 Å².